The topological polar surface area (TPSA) is 27.8 Å². The van der Waals surface area contributed by atoms with E-state index in [9.17, 15) is 0 Å². The molecule has 0 spiro atoms. The van der Waals surface area contributed by atoms with E-state index in [1.807, 2.05) is 0 Å². The number of hydrogen-bond donors (Lipinski definition) is 0. The lowest BCUT2D eigenvalue weighted by Crippen LogP contribution is -2.61. The van der Waals surface area contributed by atoms with E-state index in [2.05, 4.69) is 250 Å². The van der Waals surface area contributed by atoms with Crippen LogP contribution in [0.3, 0.4) is 0 Å². The predicted octanol–water partition coefficient (Wildman–Crippen LogP) is 15.5. The number of furan rings is 1. The Hall–Kier alpha value is -7.96. The minimum atomic E-state index is -0.0508. The van der Waals surface area contributed by atoms with E-state index in [4.69, 9.17) is 4.42 Å². The highest BCUT2D eigenvalue weighted by Crippen LogP contribution is 2.53. The van der Waals surface area contributed by atoms with Crippen LogP contribution < -0.4 is 31.1 Å². The second-order valence-electron chi connectivity index (χ2n) is 21.5. The summed E-state index contributed by atoms with van der Waals surface area (Å²) in [5, 5.41) is 4.76. The molecule has 3 aliphatic heterocycles. The quantitative estimate of drug-likeness (QED) is 0.165. The largest absolute Gasteiger partial charge is 0.454 e. The molecule has 0 saturated carbocycles. The van der Waals surface area contributed by atoms with Gasteiger partial charge in [0.1, 0.15) is 5.58 Å². The van der Waals surface area contributed by atoms with Crippen molar-refractivity contribution in [3.05, 3.63) is 199 Å². The van der Waals surface area contributed by atoms with Crippen LogP contribution in [0.2, 0.25) is 0 Å². The average Bonchev–Trinajstić information content (AvgIpc) is 3.90. The van der Waals surface area contributed by atoms with Crippen molar-refractivity contribution >= 4 is 118 Å². The standard InChI is InChI=1S/C63H51BN4O/c1-38-35-55-58-56(36-38)68-51-21-12-17-46-44-15-8-10-20-50(44)67(59(46)51)52-22-14-19-49(60(52)68)64(58)48-34-33-43(37-54(48)66(55)53-23-13-18-47-45-16-9-11-24-57(45)69-61(47)53)65(41-29-25-39(26-30-41)62(2,3)4)42-31-27-40(28-32-42)63(5,6)7/h8-37H,1-7H3. The van der Waals surface area contributed by atoms with E-state index < -0.39 is 0 Å². The summed E-state index contributed by atoms with van der Waals surface area (Å²) in [6.45, 7) is 15.9. The van der Waals surface area contributed by atoms with Crippen LogP contribution in [0.5, 0.6) is 0 Å². The molecule has 0 N–H and O–H groups in total. The molecule has 332 valence electrons. The summed E-state index contributed by atoms with van der Waals surface area (Å²) in [6.07, 6.45) is 0. The van der Waals surface area contributed by atoms with Gasteiger partial charge in [-0.05, 0) is 130 Å². The van der Waals surface area contributed by atoms with Gasteiger partial charge in [0, 0.05) is 55.7 Å². The molecule has 0 unspecified atom stereocenters. The lowest BCUT2D eigenvalue weighted by molar-refractivity contribution is 0.590. The van der Waals surface area contributed by atoms with Crippen molar-refractivity contribution < 1.29 is 4.42 Å². The highest BCUT2D eigenvalue weighted by atomic mass is 16.3. The molecule has 3 aliphatic rings. The Balaban J connectivity index is 1.07. The highest BCUT2D eigenvalue weighted by molar-refractivity contribution is 7.00. The molecule has 0 atom stereocenters. The zero-order valence-corrected chi connectivity index (χ0v) is 40.1. The van der Waals surface area contributed by atoms with Crippen molar-refractivity contribution in [2.24, 2.45) is 0 Å². The average molecular weight is 891 g/mol. The van der Waals surface area contributed by atoms with Crippen LogP contribution in [-0.4, -0.2) is 11.3 Å². The molecule has 0 radical (unpaired) electrons. The van der Waals surface area contributed by atoms with Crippen molar-refractivity contribution in [3.8, 4) is 5.69 Å². The van der Waals surface area contributed by atoms with Crippen LogP contribution in [0.4, 0.5) is 51.2 Å². The summed E-state index contributed by atoms with van der Waals surface area (Å²) < 4.78 is 9.47. The van der Waals surface area contributed by atoms with Crippen LogP contribution in [0.15, 0.2) is 186 Å². The zero-order valence-electron chi connectivity index (χ0n) is 40.1. The van der Waals surface area contributed by atoms with Crippen molar-refractivity contribution in [2.75, 3.05) is 14.7 Å². The fourth-order valence-corrected chi connectivity index (χ4v) is 12.0. The molecule has 6 heteroatoms. The minimum absolute atomic E-state index is 0.0286. The summed E-state index contributed by atoms with van der Waals surface area (Å²) in [6, 6.07) is 68.2. The predicted molar refractivity (Wildman–Crippen MR) is 292 cm³/mol. The molecule has 0 aliphatic carbocycles. The third-order valence-electron chi connectivity index (χ3n) is 15.2. The number of benzene rings is 9. The van der Waals surface area contributed by atoms with Crippen LogP contribution in [0.1, 0.15) is 58.2 Å². The molecule has 14 rings (SSSR count). The second kappa shape index (κ2) is 14.1. The first-order valence-corrected chi connectivity index (χ1v) is 24.4. The van der Waals surface area contributed by atoms with Gasteiger partial charge in [-0.25, -0.2) is 0 Å². The van der Waals surface area contributed by atoms with Gasteiger partial charge in [-0.15, -0.1) is 0 Å². The monoisotopic (exact) mass is 890 g/mol. The van der Waals surface area contributed by atoms with Crippen LogP contribution in [0.25, 0.3) is 49.4 Å². The van der Waals surface area contributed by atoms with Gasteiger partial charge in [-0.1, -0.05) is 145 Å². The van der Waals surface area contributed by atoms with Crippen LogP contribution in [-0.2, 0) is 10.8 Å². The molecule has 2 aromatic heterocycles. The fourth-order valence-electron chi connectivity index (χ4n) is 12.0. The van der Waals surface area contributed by atoms with Gasteiger partial charge in [0.25, 0.3) is 6.71 Å². The fraction of sp³-hybridized carbons (Fsp3) is 0.143. The number of aromatic nitrogens is 1. The molecule has 69 heavy (non-hydrogen) atoms. The molecule has 11 aromatic rings. The van der Waals surface area contributed by atoms with Crippen molar-refractivity contribution in [1.82, 2.24) is 4.57 Å². The number of fused-ring (bicyclic) bond motifs is 12. The lowest BCUT2D eigenvalue weighted by Gasteiger charge is -2.46. The SMILES string of the molecule is Cc1cc2c3c(c1)N1c4c(cccc4-n4c5ccccc5c5cccc1c54)B3c1ccc(N(c3ccc(C(C)(C)C)cc3)c3ccc(C(C)(C)C)cc3)cc1N2c1cccc2c1oc1ccccc12. The maximum atomic E-state index is 6.95. The summed E-state index contributed by atoms with van der Waals surface area (Å²) in [7, 11) is 0. The first-order valence-electron chi connectivity index (χ1n) is 24.4. The Morgan fingerprint density at radius 2 is 1.03 bits per heavy atom. The lowest BCUT2D eigenvalue weighted by atomic mass is 9.33. The second-order valence-corrected chi connectivity index (χ2v) is 21.5. The van der Waals surface area contributed by atoms with Gasteiger partial charge < -0.3 is 23.7 Å². The normalized spacial score (nSPS) is 13.6. The summed E-state index contributed by atoms with van der Waals surface area (Å²) >= 11 is 0. The number of hydrogen-bond acceptors (Lipinski definition) is 4. The van der Waals surface area contributed by atoms with E-state index in [1.165, 1.54) is 77.6 Å². The molecule has 0 saturated heterocycles. The number of para-hydroxylation sites is 5. The van der Waals surface area contributed by atoms with E-state index in [1.54, 1.807) is 0 Å². The van der Waals surface area contributed by atoms with Gasteiger partial charge in [0.15, 0.2) is 5.58 Å². The van der Waals surface area contributed by atoms with Crippen LogP contribution in [0, 0.1) is 6.92 Å². The van der Waals surface area contributed by atoms with E-state index in [0.717, 1.165) is 56.1 Å². The van der Waals surface area contributed by atoms with E-state index in [0.29, 0.717) is 0 Å². The van der Waals surface area contributed by atoms with E-state index >= 15 is 0 Å². The molecule has 0 bridgehead atoms. The molecular weight excluding hydrogens is 840 g/mol. The summed E-state index contributed by atoms with van der Waals surface area (Å²) in [5.41, 5.74) is 23.5. The molecule has 9 aromatic carbocycles. The molecule has 0 amide bonds. The van der Waals surface area contributed by atoms with Crippen molar-refractivity contribution in [3.63, 3.8) is 0 Å². The Bertz CT molecular complexity index is 3900. The number of nitrogens with zero attached hydrogens (tertiary/aromatic N) is 4. The highest BCUT2D eigenvalue weighted by Gasteiger charge is 2.46. The molecule has 0 fully saturated rings. The third kappa shape index (κ3) is 5.66. The smallest absolute Gasteiger partial charge is 0.252 e. The molecule has 5 heterocycles. The number of rotatable bonds is 4. The number of aryl methyl sites for hydroxylation is 1. The first kappa shape index (κ1) is 40.1. The first-order chi connectivity index (χ1) is 33.4. The Labute approximate surface area is 403 Å². The zero-order chi connectivity index (χ0) is 46.7. The summed E-state index contributed by atoms with van der Waals surface area (Å²) in [4.78, 5) is 7.53. The van der Waals surface area contributed by atoms with Gasteiger partial charge in [0.2, 0.25) is 0 Å². The maximum absolute atomic E-state index is 6.95. The van der Waals surface area contributed by atoms with Crippen molar-refractivity contribution in [1.29, 1.82) is 0 Å². The van der Waals surface area contributed by atoms with Gasteiger partial charge in [-0.3, -0.25) is 0 Å². The summed E-state index contributed by atoms with van der Waals surface area (Å²) in [5.74, 6) is 0. The molecule has 5 nitrogen and oxygen atoms in total. The van der Waals surface area contributed by atoms with Gasteiger partial charge >= 0.3 is 0 Å². The Morgan fingerprint density at radius 1 is 0.449 bits per heavy atom. The third-order valence-corrected chi connectivity index (χ3v) is 15.2. The van der Waals surface area contributed by atoms with Crippen molar-refractivity contribution in [2.45, 2.75) is 59.3 Å². The van der Waals surface area contributed by atoms with Gasteiger partial charge in [0.05, 0.1) is 33.8 Å². The maximum Gasteiger partial charge on any atom is 0.252 e. The van der Waals surface area contributed by atoms with Crippen LogP contribution >= 0.6 is 0 Å². The van der Waals surface area contributed by atoms with Gasteiger partial charge in [-0.2, -0.15) is 0 Å². The Morgan fingerprint density at radius 3 is 1.74 bits per heavy atom. The Kier molecular flexibility index (Phi) is 8.18. The number of anilines is 9. The van der Waals surface area contributed by atoms with E-state index in [-0.39, 0.29) is 17.5 Å². The molecular formula is C63H51BN4O. The minimum Gasteiger partial charge on any atom is -0.454 e.